The molecule has 0 amide bonds. The SMILES string of the molecule is O=CCCCCCC(=O)OC1CCCCC1. The summed E-state index contributed by atoms with van der Waals surface area (Å²) in [6.45, 7) is 0. The average Bonchev–Trinajstić information content (AvgIpc) is 2.30. The number of aldehydes is 1. The van der Waals surface area contributed by atoms with Crippen LogP contribution in [0.3, 0.4) is 0 Å². The molecule has 0 spiro atoms. The average molecular weight is 226 g/mol. The van der Waals surface area contributed by atoms with Crippen LogP contribution in [-0.4, -0.2) is 18.4 Å². The van der Waals surface area contributed by atoms with E-state index in [1.807, 2.05) is 0 Å². The first-order valence-corrected chi connectivity index (χ1v) is 6.46. The summed E-state index contributed by atoms with van der Waals surface area (Å²) < 4.78 is 5.39. The van der Waals surface area contributed by atoms with E-state index in [4.69, 9.17) is 4.74 Å². The molecule has 3 nitrogen and oxygen atoms in total. The van der Waals surface area contributed by atoms with Crippen molar-refractivity contribution in [2.75, 3.05) is 0 Å². The number of rotatable bonds is 7. The van der Waals surface area contributed by atoms with E-state index in [1.165, 1.54) is 19.3 Å². The number of unbranched alkanes of at least 4 members (excludes halogenated alkanes) is 3. The zero-order valence-corrected chi connectivity index (χ0v) is 9.95. The molecule has 0 N–H and O–H groups in total. The molecule has 1 saturated carbocycles. The normalized spacial score (nSPS) is 17.0. The number of carbonyl (C=O) groups excluding carboxylic acids is 2. The Morgan fingerprint density at radius 2 is 1.88 bits per heavy atom. The summed E-state index contributed by atoms with van der Waals surface area (Å²) in [4.78, 5) is 21.5. The third-order valence-corrected chi connectivity index (χ3v) is 3.05. The zero-order valence-electron chi connectivity index (χ0n) is 9.95. The fourth-order valence-corrected chi connectivity index (χ4v) is 2.10. The highest BCUT2D eigenvalue weighted by molar-refractivity contribution is 5.69. The molecule has 1 aliphatic rings. The van der Waals surface area contributed by atoms with Crippen LogP contribution in [0.1, 0.15) is 64.2 Å². The molecule has 0 heterocycles. The van der Waals surface area contributed by atoms with E-state index in [0.29, 0.717) is 12.8 Å². The van der Waals surface area contributed by atoms with Crippen LogP contribution >= 0.6 is 0 Å². The lowest BCUT2D eigenvalue weighted by atomic mass is 9.98. The Morgan fingerprint density at radius 1 is 1.12 bits per heavy atom. The molecule has 92 valence electrons. The molecule has 0 atom stereocenters. The predicted octanol–water partition coefficient (Wildman–Crippen LogP) is 3.01. The lowest BCUT2D eigenvalue weighted by Gasteiger charge is -2.21. The van der Waals surface area contributed by atoms with E-state index in [2.05, 4.69) is 0 Å². The fraction of sp³-hybridized carbons (Fsp3) is 0.846. The van der Waals surface area contributed by atoms with Crippen LogP contribution in [0.25, 0.3) is 0 Å². The molecular weight excluding hydrogens is 204 g/mol. The summed E-state index contributed by atoms with van der Waals surface area (Å²) in [5, 5.41) is 0. The predicted molar refractivity (Wildman–Crippen MR) is 62.1 cm³/mol. The van der Waals surface area contributed by atoms with Crippen molar-refractivity contribution in [3.63, 3.8) is 0 Å². The molecule has 0 aromatic heterocycles. The van der Waals surface area contributed by atoms with Gasteiger partial charge in [-0.1, -0.05) is 12.8 Å². The third kappa shape index (κ3) is 5.89. The van der Waals surface area contributed by atoms with E-state index >= 15 is 0 Å². The van der Waals surface area contributed by atoms with Crippen LogP contribution in [0.5, 0.6) is 0 Å². The minimum absolute atomic E-state index is 0.0574. The molecule has 0 unspecified atom stereocenters. The van der Waals surface area contributed by atoms with Gasteiger partial charge in [-0.15, -0.1) is 0 Å². The highest BCUT2D eigenvalue weighted by atomic mass is 16.5. The van der Waals surface area contributed by atoms with Crippen molar-refractivity contribution >= 4 is 12.3 Å². The molecule has 0 bridgehead atoms. The van der Waals surface area contributed by atoms with Gasteiger partial charge < -0.3 is 9.53 Å². The molecule has 0 aromatic carbocycles. The van der Waals surface area contributed by atoms with Gasteiger partial charge in [0.05, 0.1) is 0 Å². The molecule has 1 rings (SSSR count). The Morgan fingerprint density at radius 3 is 2.56 bits per heavy atom. The smallest absolute Gasteiger partial charge is 0.306 e. The highest BCUT2D eigenvalue weighted by Crippen LogP contribution is 2.20. The lowest BCUT2D eigenvalue weighted by molar-refractivity contribution is -0.150. The first-order chi connectivity index (χ1) is 7.83. The second-order valence-electron chi connectivity index (χ2n) is 4.52. The molecule has 0 radical (unpaired) electrons. The van der Waals surface area contributed by atoms with Crippen molar-refractivity contribution in [3.05, 3.63) is 0 Å². The Balaban J connectivity index is 1.99. The van der Waals surface area contributed by atoms with Gasteiger partial charge in [0.2, 0.25) is 0 Å². The molecule has 1 aliphatic carbocycles. The summed E-state index contributed by atoms with van der Waals surface area (Å²) in [5.41, 5.74) is 0. The molecule has 16 heavy (non-hydrogen) atoms. The van der Waals surface area contributed by atoms with Gasteiger partial charge in [-0.3, -0.25) is 4.79 Å². The second kappa shape index (κ2) is 8.31. The van der Waals surface area contributed by atoms with E-state index in [-0.39, 0.29) is 12.1 Å². The van der Waals surface area contributed by atoms with Crippen molar-refractivity contribution < 1.29 is 14.3 Å². The molecule has 3 heteroatoms. The summed E-state index contributed by atoms with van der Waals surface area (Å²) in [5.74, 6) is -0.0574. The summed E-state index contributed by atoms with van der Waals surface area (Å²) >= 11 is 0. The van der Waals surface area contributed by atoms with Gasteiger partial charge in [0, 0.05) is 12.8 Å². The number of hydrogen-bond acceptors (Lipinski definition) is 3. The zero-order chi connectivity index (χ0) is 11.6. The van der Waals surface area contributed by atoms with Gasteiger partial charge in [-0.25, -0.2) is 0 Å². The Labute approximate surface area is 97.5 Å². The first kappa shape index (κ1) is 13.2. The number of esters is 1. The monoisotopic (exact) mass is 226 g/mol. The number of hydrogen-bond donors (Lipinski definition) is 0. The van der Waals surface area contributed by atoms with Gasteiger partial charge in [-0.05, 0) is 38.5 Å². The van der Waals surface area contributed by atoms with Gasteiger partial charge in [0.15, 0.2) is 0 Å². The molecule has 0 saturated heterocycles. The Bertz CT molecular complexity index is 207. The van der Waals surface area contributed by atoms with Crippen molar-refractivity contribution in [3.8, 4) is 0 Å². The molecule has 0 aromatic rings. The van der Waals surface area contributed by atoms with Crippen LogP contribution in [0.4, 0.5) is 0 Å². The Kier molecular flexibility index (Phi) is 6.86. The topological polar surface area (TPSA) is 43.4 Å². The van der Waals surface area contributed by atoms with Gasteiger partial charge in [0.25, 0.3) is 0 Å². The van der Waals surface area contributed by atoms with Crippen LogP contribution in [-0.2, 0) is 14.3 Å². The fourth-order valence-electron chi connectivity index (χ4n) is 2.10. The summed E-state index contributed by atoms with van der Waals surface area (Å²) in [7, 11) is 0. The largest absolute Gasteiger partial charge is 0.462 e. The van der Waals surface area contributed by atoms with Crippen molar-refractivity contribution in [1.29, 1.82) is 0 Å². The second-order valence-corrected chi connectivity index (χ2v) is 4.52. The lowest BCUT2D eigenvalue weighted by Crippen LogP contribution is -2.20. The van der Waals surface area contributed by atoms with E-state index < -0.39 is 0 Å². The number of ether oxygens (including phenoxy) is 1. The van der Waals surface area contributed by atoms with E-state index in [9.17, 15) is 9.59 Å². The molecule has 1 fully saturated rings. The van der Waals surface area contributed by atoms with Crippen LogP contribution in [0, 0.1) is 0 Å². The Hall–Kier alpha value is -0.860. The highest BCUT2D eigenvalue weighted by Gasteiger charge is 2.16. The maximum Gasteiger partial charge on any atom is 0.306 e. The van der Waals surface area contributed by atoms with Crippen LogP contribution in [0.2, 0.25) is 0 Å². The van der Waals surface area contributed by atoms with Gasteiger partial charge in [0.1, 0.15) is 12.4 Å². The third-order valence-electron chi connectivity index (χ3n) is 3.05. The summed E-state index contributed by atoms with van der Waals surface area (Å²) in [6, 6.07) is 0. The van der Waals surface area contributed by atoms with E-state index in [0.717, 1.165) is 38.4 Å². The van der Waals surface area contributed by atoms with Gasteiger partial charge in [-0.2, -0.15) is 0 Å². The minimum Gasteiger partial charge on any atom is -0.462 e. The first-order valence-electron chi connectivity index (χ1n) is 6.46. The molecule has 0 aliphatic heterocycles. The minimum atomic E-state index is -0.0574. The van der Waals surface area contributed by atoms with E-state index in [1.54, 1.807) is 0 Å². The number of carbonyl (C=O) groups is 2. The van der Waals surface area contributed by atoms with Crippen molar-refractivity contribution in [2.45, 2.75) is 70.3 Å². The standard InChI is InChI=1S/C13H22O3/c14-11-7-2-1-6-10-13(15)16-12-8-4-3-5-9-12/h11-12H,1-10H2. The maximum absolute atomic E-state index is 11.5. The van der Waals surface area contributed by atoms with Crippen LogP contribution < -0.4 is 0 Å². The molecular formula is C13H22O3. The summed E-state index contributed by atoms with van der Waals surface area (Å²) in [6.07, 6.45) is 10.6. The van der Waals surface area contributed by atoms with Crippen molar-refractivity contribution in [2.24, 2.45) is 0 Å². The van der Waals surface area contributed by atoms with Crippen LogP contribution in [0.15, 0.2) is 0 Å². The van der Waals surface area contributed by atoms with Crippen molar-refractivity contribution in [1.82, 2.24) is 0 Å². The maximum atomic E-state index is 11.5. The quantitative estimate of drug-likeness (QED) is 0.381. The van der Waals surface area contributed by atoms with Gasteiger partial charge >= 0.3 is 5.97 Å².